The second kappa shape index (κ2) is 9.09. The molecular weight excluding hydrogens is 431 g/mol. The van der Waals surface area contributed by atoms with Gasteiger partial charge in [0.15, 0.2) is 5.65 Å². The minimum absolute atomic E-state index is 0.0475. The van der Waals surface area contributed by atoms with Crippen LogP contribution < -0.4 is 10.2 Å². The average molecular weight is 457 g/mol. The average Bonchev–Trinajstić information content (AvgIpc) is 2.82. The van der Waals surface area contributed by atoms with Gasteiger partial charge in [-0.3, -0.25) is 4.90 Å². The van der Waals surface area contributed by atoms with E-state index in [0.29, 0.717) is 34.5 Å². The van der Waals surface area contributed by atoms with Gasteiger partial charge < -0.3 is 15.1 Å². The third kappa shape index (κ3) is 4.46. The molecule has 2 saturated heterocycles. The summed E-state index contributed by atoms with van der Waals surface area (Å²) in [5.41, 5.74) is 1.20. The van der Waals surface area contributed by atoms with Gasteiger partial charge in [-0.1, -0.05) is 11.6 Å². The molecule has 0 aliphatic carbocycles. The lowest BCUT2D eigenvalue weighted by atomic mass is 10.0. The highest BCUT2D eigenvalue weighted by atomic mass is 35.5. The zero-order chi connectivity index (χ0) is 22.1. The predicted octanol–water partition coefficient (Wildman–Crippen LogP) is 3.17. The molecule has 3 aromatic rings. The normalized spacial score (nSPS) is 18.9. The van der Waals surface area contributed by atoms with Gasteiger partial charge in [0.1, 0.15) is 18.0 Å². The van der Waals surface area contributed by atoms with E-state index in [1.807, 2.05) is 0 Å². The molecule has 2 aromatic heterocycles. The number of halogens is 2. The number of fused-ring (bicyclic) bond motifs is 1. The number of hydrogen-bond donors (Lipinski definition) is 1. The zero-order valence-electron chi connectivity index (χ0n) is 18.0. The number of anilines is 3. The Labute approximate surface area is 191 Å². The van der Waals surface area contributed by atoms with Gasteiger partial charge in [-0.2, -0.15) is 4.98 Å². The van der Waals surface area contributed by atoms with Crippen LogP contribution in [0.2, 0.25) is 5.02 Å². The van der Waals surface area contributed by atoms with Crippen molar-refractivity contribution >= 4 is 40.1 Å². The maximum Gasteiger partial charge on any atom is 0.227 e. The highest BCUT2D eigenvalue weighted by molar-refractivity contribution is 6.31. The van der Waals surface area contributed by atoms with Crippen LogP contribution in [0.25, 0.3) is 11.0 Å². The van der Waals surface area contributed by atoms with Gasteiger partial charge in [-0.25, -0.2) is 19.3 Å². The first-order valence-electron chi connectivity index (χ1n) is 10.9. The van der Waals surface area contributed by atoms with Gasteiger partial charge in [0, 0.05) is 44.1 Å². The van der Waals surface area contributed by atoms with Gasteiger partial charge in [0.05, 0.1) is 10.4 Å². The molecule has 0 atom stereocenters. The molecule has 2 fully saturated rings. The van der Waals surface area contributed by atoms with E-state index < -0.39 is 5.82 Å². The fraction of sp³-hybridized carbons (Fsp3) is 0.455. The molecule has 0 saturated carbocycles. The van der Waals surface area contributed by atoms with Crippen LogP contribution in [-0.2, 0) is 0 Å². The Kier molecular flexibility index (Phi) is 6.03. The lowest BCUT2D eigenvalue weighted by molar-refractivity contribution is 0.115. The van der Waals surface area contributed by atoms with Crippen LogP contribution in [0.4, 0.5) is 21.8 Å². The molecule has 32 heavy (non-hydrogen) atoms. The Hall–Kier alpha value is -2.62. The topological polar surface area (TPSA) is 73.3 Å². The molecule has 0 amide bonds. The molecule has 1 N–H and O–H groups in total. The van der Waals surface area contributed by atoms with Crippen molar-refractivity contribution < 1.29 is 4.39 Å². The summed E-state index contributed by atoms with van der Waals surface area (Å²) >= 11 is 5.89. The third-order valence-electron chi connectivity index (χ3n) is 6.36. The number of piperidine rings is 1. The van der Waals surface area contributed by atoms with Gasteiger partial charge in [-0.15, -0.1) is 0 Å². The number of nitrogens with one attached hydrogen (secondary N) is 1. The van der Waals surface area contributed by atoms with E-state index in [1.54, 1.807) is 12.3 Å². The lowest BCUT2D eigenvalue weighted by Crippen LogP contribution is -2.53. The molecule has 8 nitrogen and oxygen atoms in total. The van der Waals surface area contributed by atoms with Crippen molar-refractivity contribution in [2.45, 2.75) is 18.9 Å². The van der Waals surface area contributed by atoms with Gasteiger partial charge >= 0.3 is 0 Å². The Balaban J connectivity index is 1.28. The largest absolute Gasteiger partial charge is 0.339 e. The fourth-order valence-electron chi connectivity index (χ4n) is 4.45. The monoisotopic (exact) mass is 456 g/mol. The Morgan fingerprint density at radius 2 is 1.81 bits per heavy atom. The molecule has 0 unspecified atom stereocenters. The summed E-state index contributed by atoms with van der Waals surface area (Å²) in [4.78, 5) is 25.2. The van der Waals surface area contributed by atoms with Crippen LogP contribution in [-0.4, -0.2) is 82.1 Å². The number of benzene rings is 1. The first kappa shape index (κ1) is 21.2. The summed E-state index contributed by atoms with van der Waals surface area (Å²) in [6.45, 7) is 6.22. The van der Waals surface area contributed by atoms with Crippen molar-refractivity contribution in [2.75, 3.05) is 56.5 Å². The standard InChI is InChI=1S/C22H26ClFN8/c1-30-6-4-16(5-7-30)31-8-10-32(11-9-31)22-25-13-17-20(26-14-27-21(17)29-22)28-15-2-3-19(24)18(23)12-15/h2-3,12-14,16H,4-11H2,1H3,(H,25,26,27,28,29). The summed E-state index contributed by atoms with van der Waals surface area (Å²) in [6.07, 6.45) is 5.70. The fourth-order valence-corrected chi connectivity index (χ4v) is 4.63. The van der Waals surface area contributed by atoms with E-state index in [0.717, 1.165) is 26.2 Å². The minimum Gasteiger partial charge on any atom is -0.339 e. The van der Waals surface area contributed by atoms with E-state index in [1.165, 1.54) is 44.4 Å². The van der Waals surface area contributed by atoms with E-state index in [-0.39, 0.29) is 5.02 Å². The smallest absolute Gasteiger partial charge is 0.227 e. The number of rotatable bonds is 4. The predicted molar refractivity (Wildman–Crippen MR) is 124 cm³/mol. The molecule has 2 aliphatic heterocycles. The maximum atomic E-state index is 13.4. The minimum atomic E-state index is -0.464. The first-order valence-corrected chi connectivity index (χ1v) is 11.3. The van der Waals surface area contributed by atoms with Crippen molar-refractivity contribution in [3.63, 3.8) is 0 Å². The quantitative estimate of drug-likeness (QED) is 0.641. The second-order valence-electron chi connectivity index (χ2n) is 8.44. The number of hydrogen-bond acceptors (Lipinski definition) is 8. The van der Waals surface area contributed by atoms with Gasteiger partial charge in [0.25, 0.3) is 0 Å². The molecule has 2 aliphatic rings. The number of likely N-dealkylation sites (tertiary alicyclic amines) is 1. The Morgan fingerprint density at radius 3 is 2.56 bits per heavy atom. The molecular formula is C22H26ClFN8. The molecule has 4 heterocycles. The highest BCUT2D eigenvalue weighted by Gasteiger charge is 2.27. The number of aromatic nitrogens is 4. The number of nitrogens with zero attached hydrogens (tertiary/aromatic N) is 7. The second-order valence-corrected chi connectivity index (χ2v) is 8.85. The van der Waals surface area contributed by atoms with E-state index in [2.05, 4.69) is 42.0 Å². The number of piperazine rings is 1. The van der Waals surface area contributed by atoms with Crippen LogP contribution in [0.15, 0.2) is 30.7 Å². The van der Waals surface area contributed by atoms with Crippen LogP contribution >= 0.6 is 11.6 Å². The molecule has 0 spiro atoms. The van der Waals surface area contributed by atoms with E-state index in [4.69, 9.17) is 16.6 Å². The molecule has 0 radical (unpaired) electrons. The zero-order valence-corrected chi connectivity index (χ0v) is 18.8. The summed E-state index contributed by atoms with van der Waals surface area (Å²) in [5.74, 6) is 0.778. The summed E-state index contributed by atoms with van der Waals surface area (Å²) < 4.78 is 13.4. The van der Waals surface area contributed by atoms with Gasteiger partial charge in [0.2, 0.25) is 5.95 Å². The van der Waals surface area contributed by atoms with Gasteiger partial charge in [-0.05, 0) is 51.2 Å². The highest BCUT2D eigenvalue weighted by Crippen LogP contribution is 2.26. The maximum absolute atomic E-state index is 13.4. The van der Waals surface area contributed by atoms with E-state index >= 15 is 0 Å². The lowest BCUT2D eigenvalue weighted by Gasteiger charge is -2.42. The SMILES string of the molecule is CN1CCC(N2CCN(c3ncc4c(Nc5ccc(F)c(Cl)c5)ncnc4n3)CC2)CC1. The van der Waals surface area contributed by atoms with Crippen molar-refractivity contribution in [3.05, 3.63) is 41.6 Å². The summed E-state index contributed by atoms with van der Waals surface area (Å²) in [5, 5.41) is 3.90. The first-order chi connectivity index (χ1) is 15.6. The van der Waals surface area contributed by atoms with Crippen molar-refractivity contribution in [3.8, 4) is 0 Å². The Morgan fingerprint density at radius 1 is 1.03 bits per heavy atom. The van der Waals surface area contributed by atoms with Crippen LogP contribution in [0, 0.1) is 5.82 Å². The van der Waals surface area contributed by atoms with Crippen LogP contribution in [0.1, 0.15) is 12.8 Å². The summed E-state index contributed by atoms with van der Waals surface area (Å²) in [6, 6.07) is 5.12. The molecule has 168 valence electrons. The Bertz CT molecular complexity index is 1100. The van der Waals surface area contributed by atoms with Crippen LogP contribution in [0.3, 0.4) is 0 Å². The van der Waals surface area contributed by atoms with Crippen molar-refractivity contribution in [1.82, 2.24) is 29.7 Å². The molecule has 5 rings (SSSR count). The molecule has 1 aromatic carbocycles. The summed E-state index contributed by atoms with van der Waals surface area (Å²) in [7, 11) is 2.20. The molecule has 0 bridgehead atoms. The van der Waals surface area contributed by atoms with Crippen LogP contribution in [0.5, 0.6) is 0 Å². The third-order valence-corrected chi connectivity index (χ3v) is 6.65. The molecule has 10 heteroatoms. The van der Waals surface area contributed by atoms with Crippen molar-refractivity contribution in [2.24, 2.45) is 0 Å². The van der Waals surface area contributed by atoms with Crippen molar-refractivity contribution in [1.29, 1.82) is 0 Å². The van der Waals surface area contributed by atoms with E-state index in [9.17, 15) is 4.39 Å².